The van der Waals surface area contributed by atoms with Gasteiger partial charge < -0.3 is 0 Å². The molecule has 0 saturated carbocycles. The molecule has 1 aromatic rings. The number of hydrogen-bond donors (Lipinski definition) is 2. The fraction of sp³-hybridized carbons (Fsp3) is 0.583. The van der Waals surface area contributed by atoms with E-state index in [1.807, 2.05) is 11.8 Å². The van der Waals surface area contributed by atoms with E-state index < -0.39 is 15.2 Å². The molecule has 21 heavy (non-hydrogen) atoms. The van der Waals surface area contributed by atoms with E-state index in [1.54, 1.807) is 17.8 Å². The van der Waals surface area contributed by atoms with Crippen LogP contribution in [0.3, 0.4) is 0 Å². The predicted octanol–water partition coefficient (Wildman–Crippen LogP) is 0.580. The molecule has 1 amide bonds. The van der Waals surface area contributed by atoms with Gasteiger partial charge in [0.15, 0.2) is 9.84 Å². The van der Waals surface area contributed by atoms with Gasteiger partial charge in [0, 0.05) is 35.7 Å². The molecule has 9 heteroatoms. The van der Waals surface area contributed by atoms with Crippen molar-refractivity contribution < 1.29 is 13.2 Å². The van der Waals surface area contributed by atoms with Crippen LogP contribution < -0.4 is 11.3 Å². The molecule has 1 aromatic heterocycles. The third-order valence-corrected chi connectivity index (χ3v) is 7.21. The second-order valence-corrected chi connectivity index (χ2v) is 9.60. The lowest BCUT2D eigenvalue weighted by Gasteiger charge is -2.33. The Morgan fingerprint density at radius 3 is 2.90 bits per heavy atom. The largest absolute Gasteiger partial charge is 0.289 e. The van der Waals surface area contributed by atoms with Crippen molar-refractivity contribution in [3.8, 4) is 0 Å². The number of hydrazine groups is 1. The van der Waals surface area contributed by atoms with Crippen LogP contribution in [0.25, 0.3) is 0 Å². The smallest absolute Gasteiger partial charge is 0.275 e. The summed E-state index contributed by atoms with van der Waals surface area (Å²) in [6.45, 7) is 3.20. The lowest BCUT2D eigenvalue weighted by Crippen LogP contribution is -2.46. The molecule has 1 fully saturated rings. The van der Waals surface area contributed by atoms with E-state index in [0.29, 0.717) is 17.2 Å². The minimum absolute atomic E-state index is 0.316. The molecule has 0 bridgehead atoms. The molecule has 1 saturated heterocycles. The highest BCUT2D eigenvalue weighted by molar-refractivity contribution is 8.00. The van der Waals surface area contributed by atoms with Gasteiger partial charge in [-0.3, -0.25) is 15.1 Å². The van der Waals surface area contributed by atoms with Crippen LogP contribution >= 0.6 is 23.1 Å². The van der Waals surface area contributed by atoms with Crippen LogP contribution in [0.4, 0.5) is 0 Å². The topological polar surface area (TPSA) is 92.5 Å². The summed E-state index contributed by atoms with van der Waals surface area (Å²) in [6, 6.07) is 1.79. The van der Waals surface area contributed by atoms with Gasteiger partial charge in [0.2, 0.25) is 0 Å². The number of nitrogen functional groups attached to an aromatic ring is 1. The summed E-state index contributed by atoms with van der Waals surface area (Å²) in [4.78, 5) is 15.1. The highest BCUT2D eigenvalue weighted by Crippen LogP contribution is 2.27. The molecular formula is C12H19N3O3S3. The summed E-state index contributed by atoms with van der Waals surface area (Å²) in [5.41, 5.74) is 3.10. The summed E-state index contributed by atoms with van der Waals surface area (Å²) in [6.07, 6.45) is 1.28. The second-order valence-electron chi connectivity index (χ2n) is 5.00. The molecule has 1 atom stereocenters. The van der Waals surface area contributed by atoms with Gasteiger partial charge in [-0.2, -0.15) is 11.8 Å². The molecule has 0 aromatic carbocycles. The summed E-state index contributed by atoms with van der Waals surface area (Å²) in [5, 5.41) is -0.456. The molecule has 118 valence electrons. The first-order chi connectivity index (χ1) is 9.82. The number of nitrogens with zero attached hydrogens (tertiary/aromatic N) is 1. The Morgan fingerprint density at radius 2 is 2.29 bits per heavy atom. The van der Waals surface area contributed by atoms with E-state index in [0.717, 1.165) is 22.7 Å². The first kappa shape index (κ1) is 16.8. The van der Waals surface area contributed by atoms with E-state index in [9.17, 15) is 13.2 Å². The summed E-state index contributed by atoms with van der Waals surface area (Å²) >= 11 is 3.03. The number of rotatable bonds is 4. The molecule has 0 aliphatic carbocycles. The molecular weight excluding hydrogens is 330 g/mol. The molecule has 2 heterocycles. The summed E-state index contributed by atoms with van der Waals surface area (Å²) in [7, 11) is -3.11. The normalized spacial score (nSPS) is 20.4. The minimum Gasteiger partial charge on any atom is -0.289 e. The number of thioether (sulfide) groups is 1. The third kappa shape index (κ3) is 3.98. The van der Waals surface area contributed by atoms with Crippen LogP contribution in [0.2, 0.25) is 0 Å². The average molecular weight is 350 g/mol. The number of carbonyl (C=O) groups excluding carboxylic acids is 1. The molecule has 2 rings (SSSR count). The second kappa shape index (κ2) is 6.66. The fourth-order valence-electron chi connectivity index (χ4n) is 2.27. The SMILES string of the molecule is Cc1sc(C(=O)NN)cc1CN1CCSCC1S(C)(=O)=O. The van der Waals surface area contributed by atoms with Crippen LogP contribution in [-0.4, -0.2) is 48.9 Å². The number of carbonyl (C=O) groups is 1. The van der Waals surface area contributed by atoms with Crippen molar-refractivity contribution in [2.75, 3.05) is 24.3 Å². The van der Waals surface area contributed by atoms with Crippen molar-refractivity contribution >= 4 is 38.8 Å². The van der Waals surface area contributed by atoms with Gasteiger partial charge in [0.25, 0.3) is 5.91 Å². The van der Waals surface area contributed by atoms with E-state index in [4.69, 9.17) is 5.84 Å². The van der Waals surface area contributed by atoms with Gasteiger partial charge >= 0.3 is 0 Å². The monoisotopic (exact) mass is 349 g/mol. The molecule has 1 unspecified atom stereocenters. The Hall–Kier alpha value is -0.610. The maximum atomic E-state index is 11.9. The van der Waals surface area contributed by atoms with E-state index in [-0.39, 0.29) is 5.91 Å². The predicted molar refractivity (Wildman–Crippen MR) is 87.1 cm³/mol. The standard InChI is InChI=1S/C12H19N3O3S3/c1-8-9(5-10(20-8)12(16)14-13)6-15-3-4-19-7-11(15)21(2,17)18/h5,11H,3-4,6-7,13H2,1-2H3,(H,14,16). The lowest BCUT2D eigenvalue weighted by atomic mass is 10.2. The maximum absolute atomic E-state index is 11.9. The molecule has 1 aliphatic rings. The zero-order chi connectivity index (χ0) is 15.6. The highest BCUT2D eigenvalue weighted by Gasteiger charge is 2.31. The van der Waals surface area contributed by atoms with Gasteiger partial charge in [-0.15, -0.1) is 11.3 Å². The molecule has 6 nitrogen and oxygen atoms in total. The van der Waals surface area contributed by atoms with E-state index in [1.165, 1.54) is 17.6 Å². The number of aryl methyl sites for hydroxylation is 1. The maximum Gasteiger partial charge on any atom is 0.275 e. The molecule has 1 aliphatic heterocycles. The number of sulfone groups is 1. The van der Waals surface area contributed by atoms with Crippen LogP contribution in [0, 0.1) is 6.92 Å². The number of thiophene rings is 1. The van der Waals surface area contributed by atoms with Crippen LogP contribution in [-0.2, 0) is 16.4 Å². The van der Waals surface area contributed by atoms with Gasteiger partial charge in [0.1, 0.15) is 5.37 Å². The zero-order valence-corrected chi connectivity index (χ0v) is 14.4. The van der Waals surface area contributed by atoms with E-state index in [2.05, 4.69) is 5.43 Å². The van der Waals surface area contributed by atoms with Crippen molar-refractivity contribution in [1.82, 2.24) is 10.3 Å². The first-order valence-corrected chi connectivity index (χ1v) is 10.4. The van der Waals surface area contributed by atoms with Gasteiger partial charge in [-0.1, -0.05) is 0 Å². The highest BCUT2D eigenvalue weighted by atomic mass is 32.2. The number of hydrogen-bond acceptors (Lipinski definition) is 7. The molecule has 0 radical (unpaired) electrons. The van der Waals surface area contributed by atoms with Gasteiger partial charge in [-0.25, -0.2) is 14.3 Å². The quantitative estimate of drug-likeness (QED) is 0.469. The van der Waals surface area contributed by atoms with Crippen molar-refractivity contribution in [2.24, 2.45) is 5.84 Å². The van der Waals surface area contributed by atoms with E-state index >= 15 is 0 Å². The summed E-state index contributed by atoms with van der Waals surface area (Å²) < 4.78 is 23.8. The molecule has 3 N–H and O–H groups in total. The third-order valence-electron chi connectivity index (χ3n) is 3.43. The molecule has 0 spiro atoms. The van der Waals surface area contributed by atoms with Crippen molar-refractivity contribution in [3.05, 3.63) is 21.4 Å². The van der Waals surface area contributed by atoms with Crippen molar-refractivity contribution in [1.29, 1.82) is 0 Å². The Labute approximate surface area is 133 Å². The number of nitrogens with two attached hydrogens (primary N) is 1. The summed E-state index contributed by atoms with van der Waals surface area (Å²) in [5.74, 6) is 6.34. The van der Waals surface area contributed by atoms with Gasteiger partial charge in [-0.05, 0) is 18.6 Å². The Kier molecular flexibility index (Phi) is 5.31. The first-order valence-electron chi connectivity index (χ1n) is 6.44. The lowest BCUT2D eigenvalue weighted by molar-refractivity contribution is 0.0957. The van der Waals surface area contributed by atoms with Gasteiger partial charge in [0.05, 0.1) is 4.88 Å². The average Bonchev–Trinajstić information content (AvgIpc) is 2.79. The number of nitrogens with one attached hydrogen (secondary N) is 1. The Balaban J connectivity index is 2.20. The zero-order valence-electron chi connectivity index (χ0n) is 12.0. The Morgan fingerprint density at radius 1 is 1.57 bits per heavy atom. The van der Waals surface area contributed by atoms with Crippen molar-refractivity contribution in [2.45, 2.75) is 18.8 Å². The Bertz CT molecular complexity index is 627. The number of amides is 1. The van der Waals surface area contributed by atoms with Crippen molar-refractivity contribution in [3.63, 3.8) is 0 Å². The fourth-order valence-corrected chi connectivity index (χ4v) is 6.15. The minimum atomic E-state index is -3.11. The van der Waals surface area contributed by atoms with Crippen LogP contribution in [0.15, 0.2) is 6.07 Å². The van der Waals surface area contributed by atoms with Crippen LogP contribution in [0.5, 0.6) is 0 Å². The van der Waals surface area contributed by atoms with Crippen LogP contribution in [0.1, 0.15) is 20.1 Å².